The fraction of sp³-hybridized carbons (Fsp3) is 0.320. The van der Waals surface area contributed by atoms with E-state index in [1.165, 1.54) is 0 Å². The summed E-state index contributed by atoms with van der Waals surface area (Å²) in [6, 6.07) is 12.7. The molecule has 4 rings (SSSR count). The summed E-state index contributed by atoms with van der Waals surface area (Å²) in [6.45, 7) is 5.97. The van der Waals surface area contributed by atoms with E-state index in [0.717, 1.165) is 35.4 Å². The molecule has 0 amide bonds. The van der Waals surface area contributed by atoms with Crippen molar-refractivity contribution >= 4 is 46.7 Å². The summed E-state index contributed by atoms with van der Waals surface area (Å²) in [5, 5.41) is 9.84. The van der Waals surface area contributed by atoms with Crippen LogP contribution in [0.15, 0.2) is 58.9 Å². The average molecular weight is 517 g/mol. The van der Waals surface area contributed by atoms with Crippen molar-refractivity contribution in [2.75, 3.05) is 11.1 Å². The van der Waals surface area contributed by atoms with Crippen LogP contribution in [0, 0.1) is 0 Å². The Morgan fingerprint density at radius 3 is 2.65 bits per heavy atom. The lowest BCUT2D eigenvalue weighted by Gasteiger charge is -2.28. The number of thioether (sulfide) groups is 1. The number of allylic oxidation sites excluding steroid dienone is 2. The number of anilines is 1. The summed E-state index contributed by atoms with van der Waals surface area (Å²) in [5.74, 6) is 2.29. The van der Waals surface area contributed by atoms with E-state index in [0.29, 0.717) is 39.1 Å². The number of hydrogen-bond acceptors (Lipinski definition) is 6. The molecule has 2 aromatic carbocycles. The number of fused-ring (bicyclic) bond motifs is 1. The summed E-state index contributed by atoms with van der Waals surface area (Å²) in [6.07, 6.45) is 2.22. The van der Waals surface area contributed by atoms with Crippen LogP contribution in [0.25, 0.3) is 0 Å². The zero-order chi connectivity index (χ0) is 24.2. The minimum absolute atomic E-state index is 0.00552. The fourth-order valence-corrected chi connectivity index (χ4v) is 5.19. The van der Waals surface area contributed by atoms with Crippen LogP contribution in [-0.2, 0) is 11.4 Å². The Balaban J connectivity index is 1.58. The second-order valence-electron chi connectivity index (χ2n) is 8.08. The third-order valence-electron chi connectivity index (χ3n) is 5.55. The monoisotopic (exact) mass is 516 g/mol. The Labute approximate surface area is 213 Å². The quantitative estimate of drug-likeness (QED) is 0.245. The number of ketones is 1. The summed E-state index contributed by atoms with van der Waals surface area (Å²) in [4.78, 5) is 17.2. The van der Waals surface area contributed by atoms with Crippen molar-refractivity contribution in [3.63, 3.8) is 0 Å². The Morgan fingerprint density at radius 2 is 1.97 bits per heavy atom. The first-order valence-electron chi connectivity index (χ1n) is 11.1. The van der Waals surface area contributed by atoms with Gasteiger partial charge in [-0.05, 0) is 50.1 Å². The Hall–Kier alpha value is -2.48. The van der Waals surface area contributed by atoms with Crippen LogP contribution >= 0.6 is 35.0 Å². The molecule has 3 aromatic rings. The molecule has 178 valence electrons. The number of carbonyl (C=O) groups excluding carboxylic acids is 1. The van der Waals surface area contributed by atoms with Gasteiger partial charge in [0.1, 0.15) is 18.4 Å². The number of unbranched alkanes of at least 4 members (excludes halogenated alkanes) is 1. The summed E-state index contributed by atoms with van der Waals surface area (Å²) in [7, 11) is 0. The molecule has 0 bridgehead atoms. The number of rotatable bonds is 9. The van der Waals surface area contributed by atoms with Crippen LogP contribution in [0.2, 0.25) is 10.0 Å². The van der Waals surface area contributed by atoms with Crippen molar-refractivity contribution < 1.29 is 9.53 Å². The lowest BCUT2D eigenvalue weighted by molar-refractivity contribution is -0.114. The lowest BCUT2D eigenvalue weighted by Crippen LogP contribution is -2.27. The maximum Gasteiger partial charge on any atom is 0.227 e. The van der Waals surface area contributed by atoms with Gasteiger partial charge in [-0.25, -0.2) is 4.68 Å². The number of benzene rings is 2. The molecule has 1 aliphatic rings. The average Bonchev–Trinajstić information content (AvgIpc) is 3.20. The van der Waals surface area contributed by atoms with Crippen molar-refractivity contribution in [1.82, 2.24) is 14.8 Å². The molecule has 1 atom stereocenters. The van der Waals surface area contributed by atoms with Crippen LogP contribution in [0.5, 0.6) is 5.75 Å². The first-order chi connectivity index (χ1) is 16.4. The molecular weight excluding hydrogens is 491 g/mol. The number of hydrogen-bond donors (Lipinski definition) is 1. The highest BCUT2D eigenvalue weighted by Crippen LogP contribution is 2.37. The first kappa shape index (κ1) is 24.6. The molecule has 2 heterocycles. The van der Waals surface area contributed by atoms with E-state index < -0.39 is 0 Å². The molecule has 0 saturated carbocycles. The normalized spacial score (nSPS) is 15.1. The smallest absolute Gasteiger partial charge is 0.227 e. The second-order valence-corrected chi connectivity index (χ2v) is 9.99. The zero-order valence-corrected chi connectivity index (χ0v) is 21.6. The lowest BCUT2D eigenvalue weighted by atomic mass is 9.93. The number of halogens is 2. The van der Waals surface area contributed by atoms with Crippen molar-refractivity contribution in [3.05, 3.63) is 74.9 Å². The van der Waals surface area contributed by atoms with Gasteiger partial charge in [-0.15, -0.1) is 5.10 Å². The third kappa shape index (κ3) is 5.43. The van der Waals surface area contributed by atoms with E-state index in [-0.39, 0.29) is 11.8 Å². The van der Waals surface area contributed by atoms with E-state index in [2.05, 4.69) is 17.2 Å². The maximum absolute atomic E-state index is 12.6. The van der Waals surface area contributed by atoms with E-state index >= 15 is 0 Å². The van der Waals surface area contributed by atoms with Gasteiger partial charge in [-0.3, -0.25) is 4.79 Å². The van der Waals surface area contributed by atoms with Crippen molar-refractivity contribution in [2.45, 2.75) is 51.4 Å². The topological polar surface area (TPSA) is 69.0 Å². The van der Waals surface area contributed by atoms with E-state index in [9.17, 15) is 4.79 Å². The van der Waals surface area contributed by atoms with E-state index in [1.807, 2.05) is 37.3 Å². The Kier molecular flexibility index (Phi) is 7.86. The molecule has 9 heteroatoms. The Bertz CT molecular complexity index is 1220. The molecule has 1 aliphatic heterocycles. The molecule has 0 radical (unpaired) electrons. The van der Waals surface area contributed by atoms with Gasteiger partial charge in [0.2, 0.25) is 11.1 Å². The second kappa shape index (κ2) is 10.8. The van der Waals surface area contributed by atoms with Crippen LogP contribution in [0.4, 0.5) is 5.95 Å². The molecule has 1 N–H and O–H groups in total. The van der Waals surface area contributed by atoms with Gasteiger partial charge in [0.15, 0.2) is 5.78 Å². The van der Waals surface area contributed by atoms with Gasteiger partial charge >= 0.3 is 0 Å². The fourth-order valence-electron chi connectivity index (χ4n) is 3.81. The molecule has 0 spiro atoms. The molecule has 34 heavy (non-hydrogen) atoms. The zero-order valence-electron chi connectivity index (χ0n) is 19.3. The number of ether oxygens (including phenoxy) is 1. The number of carbonyl (C=O) groups is 1. The van der Waals surface area contributed by atoms with Gasteiger partial charge in [-0.1, -0.05) is 66.5 Å². The first-order valence-corrected chi connectivity index (χ1v) is 12.9. The Morgan fingerprint density at radius 1 is 1.21 bits per heavy atom. The van der Waals surface area contributed by atoms with Crippen molar-refractivity contribution in [3.8, 4) is 5.75 Å². The SMILES string of the molecule is CCCCSc1nc2n(n1)C(c1ccc(OCc3ccc(Cl)cc3Cl)cc1)C(C(C)=O)=C(C)N2. The highest BCUT2D eigenvalue weighted by Gasteiger charge is 2.32. The van der Waals surface area contributed by atoms with E-state index in [1.54, 1.807) is 35.5 Å². The molecule has 0 fully saturated rings. The van der Waals surface area contributed by atoms with Gasteiger partial charge in [0.05, 0.1) is 0 Å². The van der Waals surface area contributed by atoms with Crippen LogP contribution < -0.4 is 10.1 Å². The minimum Gasteiger partial charge on any atom is -0.489 e. The van der Waals surface area contributed by atoms with Gasteiger partial charge < -0.3 is 10.1 Å². The van der Waals surface area contributed by atoms with Gasteiger partial charge in [0.25, 0.3) is 0 Å². The molecular formula is C25H26Cl2N4O2S. The predicted molar refractivity (Wildman–Crippen MR) is 138 cm³/mol. The molecule has 1 aromatic heterocycles. The van der Waals surface area contributed by atoms with Crippen molar-refractivity contribution in [1.29, 1.82) is 0 Å². The number of aromatic nitrogens is 3. The van der Waals surface area contributed by atoms with Crippen LogP contribution in [-0.4, -0.2) is 26.3 Å². The van der Waals surface area contributed by atoms with Crippen LogP contribution in [0.3, 0.4) is 0 Å². The highest BCUT2D eigenvalue weighted by molar-refractivity contribution is 7.99. The summed E-state index contributed by atoms with van der Waals surface area (Å²) >= 11 is 13.8. The van der Waals surface area contributed by atoms with Gasteiger partial charge in [-0.2, -0.15) is 4.98 Å². The molecule has 1 unspecified atom stereocenters. The number of Topliss-reactive ketones (excluding diaryl/α,β-unsaturated/α-hetero) is 1. The molecule has 0 aliphatic carbocycles. The van der Waals surface area contributed by atoms with Crippen LogP contribution in [0.1, 0.15) is 50.8 Å². The maximum atomic E-state index is 12.6. The summed E-state index contributed by atoms with van der Waals surface area (Å²) in [5.41, 5.74) is 3.25. The molecule has 0 saturated heterocycles. The third-order valence-corrected chi connectivity index (χ3v) is 7.06. The van der Waals surface area contributed by atoms with E-state index in [4.69, 9.17) is 33.0 Å². The van der Waals surface area contributed by atoms with Crippen molar-refractivity contribution in [2.24, 2.45) is 0 Å². The molecule has 6 nitrogen and oxygen atoms in total. The highest BCUT2D eigenvalue weighted by atomic mass is 35.5. The summed E-state index contributed by atoms with van der Waals surface area (Å²) < 4.78 is 7.73. The van der Waals surface area contributed by atoms with Gasteiger partial charge in [0, 0.05) is 32.6 Å². The standard InChI is InChI=1S/C25H26Cl2N4O2S/c1-4-5-12-34-25-29-24-28-15(2)22(16(3)32)23(31(24)30-25)17-7-10-20(11-8-17)33-14-18-6-9-19(26)13-21(18)27/h6-11,13,23H,4-5,12,14H2,1-3H3,(H,28,29,30). The number of nitrogens with one attached hydrogen (secondary N) is 1. The minimum atomic E-state index is -0.360. The largest absolute Gasteiger partial charge is 0.489 e. The predicted octanol–water partition coefficient (Wildman–Crippen LogP) is 6.93. The number of nitrogens with zero attached hydrogens (tertiary/aromatic N) is 3.